The molecule has 10 nitrogen and oxygen atoms in total. The van der Waals surface area contributed by atoms with Crippen LogP contribution in [0.1, 0.15) is 42.9 Å². The number of fused-ring (bicyclic) bond motifs is 3. The number of halogens is 4. The van der Waals surface area contributed by atoms with Crippen molar-refractivity contribution < 1.29 is 22.7 Å². The number of likely N-dealkylation sites (N-methyl/N-ethyl adjacent to an activating group) is 1. The second-order valence-corrected chi connectivity index (χ2v) is 14.7. The lowest BCUT2D eigenvalue weighted by atomic mass is 9.95. The summed E-state index contributed by atoms with van der Waals surface area (Å²) in [5.41, 5.74) is 1.22. The van der Waals surface area contributed by atoms with Crippen LogP contribution in [0.2, 0.25) is 5.02 Å². The number of benzene rings is 2. The van der Waals surface area contributed by atoms with Crippen LogP contribution in [0.5, 0.6) is 6.01 Å². The van der Waals surface area contributed by atoms with Gasteiger partial charge in [0.05, 0.1) is 21.6 Å². The Morgan fingerprint density at radius 1 is 1.11 bits per heavy atom. The minimum atomic E-state index is -0.946. The average molecular weight is 743 g/mol. The number of carbonyl (C=O) groups is 1. The Morgan fingerprint density at radius 2 is 1.96 bits per heavy atom. The Labute approximate surface area is 309 Å². The fourth-order valence-corrected chi connectivity index (χ4v) is 8.50. The molecule has 0 unspecified atom stereocenters. The standard InChI is InChI=1S/C39H38ClF3N8O2/c1-22-16-26(46-23(2)45-22)9-11-31(52)50-15-12-27(20-50)49(3)37-29-18-44-35(28-7-4-6-24-8-10-30(42)33(40)32(24)28)34(43)36(29)47-38(48-37)53-21-39-13-5-14-51(39)19-25(41)17-39/h4,6-11,16,18,25,27H,5,12-15,17,19-21H2,1-3H3/t25-,27-,39+/m1/s1. The topological polar surface area (TPSA) is 100 Å². The third kappa shape index (κ3) is 6.54. The van der Waals surface area contributed by atoms with Gasteiger partial charge in [-0.25, -0.2) is 23.1 Å². The minimum absolute atomic E-state index is 0.0359. The highest BCUT2D eigenvalue weighted by Gasteiger charge is 2.49. The molecule has 2 aromatic carbocycles. The van der Waals surface area contributed by atoms with Gasteiger partial charge in [-0.1, -0.05) is 35.9 Å². The molecule has 0 aliphatic carbocycles. The minimum Gasteiger partial charge on any atom is -0.461 e. The number of rotatable bonds is 8. The SMILES string of the molecule is Cc1cc(C=CC(=O)N2CC[C@@H](N(C)c3nc(OC[C@@]45CCCN4C[C@H](F)C5)nc4c(F)c(-c5cccc6ccc(F)c(Cl)c56)ncc34)C2)nc(C)n1. The molecule has 8 rings (SSSR count). The number of alkyl halides is 1. The number of likely N-dealkylation sites (tertiary alicyclic amines) is 1. The summed E-state index contributed by atoms with van der Waals surface area (Å²) in [4.78, 5) is 41.6. The van der Waals surface area contributed by atoms with Crippen LogP contribution in [0, 0.1) is 25.5 Å². The molecule has 3 aliphatic heterocycles. The molecular weight excluding hydrogens is 705 g/mol. The molecule has 6 heterocycles. The predicted molar refractivity (Wildman–Crippen MR) is 198 cm³/mol. The van der Waals surface area contributed by atoms with Crippen molar-refractivity contribution in [3.05, 3.63) is 82.5 Å². The number of ether oxygens (including phenoxy) is 1. The number of hydrogen-bond donors (Lipinski definition) is 0. The fraction of sp³-hybridized carbons (Fsp3) is 0.385. The quantitative estimate of drug-likeness (QED) is 0.158. The first kappa shape index (κ1) is 35.2. The molecule has 3 saturated heterocycles. The van der Waals surface area contributed by atoms with E-state index in [9.17, 15) is 13.6 Å². The summed E-state index contributed by atoms with van der Waals surface area (Å²) in [6.45, 7) is 5.89. The third-order valence-electron chi connectivity index (χ3n) is 10.8. The molecule has 3 atom stereocenters. The Bertz CT molecular complexity index is 2270. The summed E-state index contributed by atoms with van der Waals surface area (Å²) in [6.07, 6.45) is 6.46. The average Bonchev–Trinajstić information content (AvgIpc) is 3.85. The van der Waals surface area contributed by atoms with E-state index in [1.807, 2.05) is 24.9 Å². The van der Waals surface area contributed by atoms with E-state index in [-0.39, 0.29) is 40.8 Å². The second kappa shape index (κ2) is 13.8. The van der Waals surface area contributed by atoms with Crippen molar-refractivity contribution in [1.29, 1.82) is 0 Å². The number of hydrogen-bond acceptors (Lipinski definition) is 9. The van der Waals surface area contributed by atoms with Crippen molar-refractivity contribution in [3.8, 4) is 17.3 Å². The van der Waals surface area contributed by atoms with Crippen molar-refractivity contribution >= 4 is 51.1 Å². The Balaban J connectivity index is 1.14. The van der Waals surface area contributed by atoms with Crippen molar-refractivity contribution in [2.45, 2.75) is 57.3 Å². The van der Waals surface area contributed by atoms with Gasteiger partial charge < -0.3 is 14.5 Å². The van der Waals surface area contributed by atoms with Crippen molar-refractivity contribution in [3.63, 3.8) is 0 Å². The number of aryl methyl sites for hydroxylation is 2. The first-order chi connectivity index (χ1) is 25.5. The van der Waals surface area contributed by atoms with Gasteiger partial charge in [0.1, 0.15) is 41.4 Å². The molecule has 5 aromatic rings. The van der Waals surface area contributed by atoms with Crippen LogP contribution in [0.4, 0.5) is 19.0 Å². The summed E-state index contributed by atoms with van der Waals surface area (Å²) in [6, 6.07) is 9.59. The van der Waals surface area contributed by atoms with Crippen LogP contribution >= 0.6 is 11.6 Å². The maximum atomic E-state index is 16.9. The van der Waals surface area contributed by atoms with Gasteiger partial charge in [0.25, 0.3) is 0 Å². The van der Waals surface area contributed by atoms with E-state index in [1.165, 1.54) is 18.3 Å². The molecule has 0 spiro atoms. The Kier molecular flexibility index (Phi) is 9.18. The number of amides is 1. The van der Waals surface area contributed by atoms with Crippen LogP contribution in [-0.2, 0) is 4.79 Å². The predicted octanol–water partition coefficient (Wildman–Crippen LogP) is 6.89. The lowest BCUT2D eigenvalue weighted by Crippen LogP contribution is -2.43. The highest BCUT2D eigenvalue weighted by Crippen LogP contribution is 2.42. The molecule has 0 N–H and O–H groups in total. The molecule has 1 amide bonds. The summed E-state index contributed by atoms with van der Waals surface area (Å²) < 4.78 is 52.4. The van der Waals surface area contributed by atoms with E-state index >= 15 is 4.39 Å². The molecule has 0 radical (unpaired) electrons. The van der Waals surface area contributed by atoms with Gasteiger partial charge in [0.2, 0.25) is 5.91 Å². The number of carbonyl (C=O) groups excluding carboxylic acids is 1. The third-order valence-corrected chi connectivity index (χ3v) is 11.2. The Hall–Kier alpha value is -4.88. The van der Waals surface area contributed by atoms with Crippen molar-refractivity contribution in [2.24, 2.45) is 0 Å². The van der Waals surface area contributed by atoms with Crippen LogP contribution < -0.4 is 9.64 Å². The van der Waals surface area contributed by atoms with Gasteiger partial charge in [0, 0.05) is 68.1 Å². The molecule has 3 fully saturated rings. The van der Waals surface area contributed by atoms with Crippen LogP contribution in [-0.4, -0.2) is 98.2 Å². The second-order valence-electron chi connectivity index (χ2n) is 14.3. The lowest BCUT2D eigenvalue weighted by molar-refractivity contribution is -0.124. The summed E-state index contributed by atoms with van der Waals surface area (Å²) in [7, 11) is 1.84. The Morgan fingerprint density at radius 3 is 2.79 bits per heavy atom. The zero-order chi connectivity index (χ0) is 37.0. The van der Waals surface area contributed by atoms with Gasteiger partial charge >= 0.3 is 6.01 Å². The van der Waals surface area contributed by atoms with E-state index < -0.39 is 23.3 Å². The lowest BCUT2D eigenvalue weighted by Gasteiger charge is -2.31. The van der Waals surface area contributed by atoms with E-state index in [4.69, 9.17) is 21.3 Å². The zero-order valence-corrected chi connectivity index (χ0v) is 30.4. The van der Waals surface area contributed by atoms with Crippen molar-refractivity contribution in [2.75, 3.05) is 44.7 Å². The van der Waals surface area contributed by atoms with Gasteiger partial charge in [0.15, 0.2) is 5.82 Å². The van der Waals surface area contributed by atoms with E-state index in [0.29, 0.717) is 71.5 Å². The highest BCUT2D eigenvalue weighted by molar-refractivity contribution is 6.36. The number of anilines is 1. The first-order valence-corrected chi connectivity index (χ1v) is 18.1. The monoisotopic (exact) mass is 742 g/mol. The molecule has 53 heavy (non-hydrogen) atoms. The van der Waals surface area contributed by atoms with Gasteiger partial charge in [-0.15, -0.1) is 0 Å². The highest BCUT2D eigenvalue weighted by atomic mass is 35.5. The van der Waals surface area contributed by atoms with E-state index in [1.54, 1.807) is 42.2 Å². The van der Waals surface area contributed by atoms with Crippen molar-refractivity contribution in [1.82, 2.24) is 34.7 Å². The smallest absolute Gasteiger partial charge is 0.319 e. The maximum Gasteiger partial charge on any atom is 0.319 e. The zero-order valence-electron chi connectivity index (χ0n) is 29.6. The van der Waals surface area contributed by atoms with Crippen LogP contribution in [0.25, 0.3) is 39.0 Å². The summed E-state index contributed by atoms with van der Waals surface area (Å²) in [5, 5.41) is 1.16. The molecule has 274 valence electrons. The summed E-state index contributed by atoms with van der Waals surface area (Å²) in [5.74, 6) is -0.523. The molecule has 3 aliphatic rings. The molecule has 0 saturated carbocycles. The molecular formula is C39H38ClF3N8O2. The maximum absolute atomic E-state index is 16.9. The van der Waals surface area contributed by atoms with E-state index in [2.05, 4.69) is 24.8 Å². The number of nitrogens with zero attached hydrogens (tertiary/aromatic N) is 8. The largest absolute Gasteiger partial charge is 0.461 e. The van der Waals surface area contributed by atoms with Crippen LogP contribution in [0.15, 0.2) is 48.7 Å². The fourth-order valence-electron chi connectivity index (χ4n) is 8.22. The van der Waals surface area contributed by atoms with Crippen LogP contribution in [0.3, 0.4) is 0 Å². The summed E-state index contributed by atoms with van der Waals surface area (Å²) >= 11 is 6.43. The first-order valence-electron chi connectivity index (χ1n) is 17.8. The van der Waals surface area contributed by atoms with E-state index in [0.717, 1.165) is 25.1 Å². The number of aromatic nitrogens is 5. The molecule has 14 heteroatoms. The van der Waals surface area contributed by atoms with Gasteiger partial charge in [-0.3, -0.25) is 14.7 Å². The molecule has 3 aromatic heterocycles. The molecule has 0 bridgehead atoms. The normalized spacial score (nSPS) is 21.7. The van der Waals surface area contributed by atoms with Gasteiger partial charge in [-0.2, -0.15) is 9.97 Å². The van der Waals surface area contributed by atoms with Gasteiger partial charge in [-0.05, 0) is 63.2 Å². The number of pyridine rings is 1.